The molecule has 0 aliphatic heterocycles. The van der Waals surface area contributed by atoms with Gasteiger partial charge >= 0.3 is 5.97 Å². The van der Waals surface area contributed by atoms with Gasteiger partial charge in [-0.2, -0.15) is 0 Å². The molecule has 0 bridgehead atoms. The molecular weight excluding hydrogens is 451 g/mol. The molecule has 182 valence electrons. The number of aromatic nitrogens is 1. The zero-order valence-corrected chi connectivity index (χ0v) is 20.3. The van der Waals surface area contributed by atoms with Gasteiger partial charge in [-0.3, -0.25) is 9.59 Å². The number of hydrogen-bond donors (Lipinski definition) is 0. The maximum atomic E-state index is 13.0. The van der Waals surface area contributed by atoms with Crippen molar-refractivity contribution in [3.8, 4) is 0 Å². The van der Waals surface area contributed by atoms with Crippen molar-refractivity contribution in [3.63, 3.8) is 0 Å². The topological polar surface area (TPSA) is 94.9 Å². The average Bonchev–Trinajstić information content (AvgIpc) is 3.06. The Morgan fingerprint density at radius 2 is 1.79 bits per heavy atom. The van der Waals surface area contributed by atoms with E-state index in [2.05, 4.69) is 0 Å². The molecule has 8 nitrogen and oxygen atoms in total. The summed E-state index contributed by atoms with van der Waals surface area (Å²) in [5.41, 5.74) is 2.28. The monoisotopic (exact) mass is 482 g/mol. The molecule has 0 saturated carbocycles. The molecule has 0 aliphatic rings. The number of nitrogens with zero attached hydrogens (tertiary/aromatic N) is 2. The molecule has 0 fully saturated rings. The highest BCUT2D eigenvalue weighted by Crippen LogP contribution is 2.17. The summed E-state index contributed by atoms with van der Waals surface area (Å²) in [6, 6.07) is 6.32. The van der Waals surface area contributed by atoms with Crippen LogP contribution in [0.2, 0.25) is 0 Å². The number of methoxy groups -OCH3 is 1. The third-order valence-corrected chi connectivity index (χ3v) is 7.22. The molecular formula is C23H31FN2O6S. The van der Waals surface area contributed by atoms with Crippen molar-refractivity contribution in [2.24, 2.45) is 0 Å². The maximum Gasteiger partial charge on any atom is 0.306 e. The van der Waals surface area contributed by atoms with Crippen molar-refractivity contribution >= 4 is 21.8 Å². The van der Waals surface area contributed by atoms with Crippen LogP contribution in [0.4, 0.5) is 4.39 Å². The first-order chi connectivity index (χ1) is 15.6. The number of carbonyl (C=O) groups excluding carboxylic acids is 2. The van der Waals surface area contributed by atoms with E-state index in [0.717, 1.165) is 40.8 Å². The molecule has 2 rings (SSSR count). The van der Waals surface area contributed by atoms with E-state index in [1.807, 2.05) is 18.4 Å². The molecule has 0 radical (unpaired) electrons. The molecule has 0 saturated heterocycles. The Bertz CT molecular complexity index is 1060. The number of halogens is 1. The first kappa shape index (κ1) is 26.7. The van der Waals surface area contributed by atoms with Gasteiger partial charge in [-0.1, -0.05) is 0 Å². The fourth-order valence-corrected chi connectivity index (χ4v) is 4.65. The smallest absolute Gasteiger partial charge is 0.306 e. The summed E-state index contributed by atoms with van der Waals surface area (Å²) in [4.78, 5) is 24.5. The summed E-state index contributed by atoms with van der Waals surface area (Å²) in [5.74, 6) is -1.39. The molecule has 2 aromatic rings. The number of benzene rings is 1. The van der Waals surface area contributed by atoms with Gasteiger partial charge in [-0.25, -0.2) is 17.1 Å². The van der Waals surface area contributed by atoms with Crippen molar-refractivity contribution in [2.45, 2.75) is 44.6 Å². The molecule has 0 unspecified atom stereocenters. The SMILES string of the molecule is COCCCn1c(C)cc(C(=O)COC(=O)CCCN(C)S(=O)(=O)c2ccc(F)cc2)c1C. The van der Waals surface area contributed by atoms with Crippen molar-refractivity contribution in [1.29, 1.82) is 0 Å². The van der Waals surface area contributed by atoms with Crippen LogP contribution in [0.1, 0.15) is 41.0 Å². The summed E-state index contributed by atoms with van der Waals surface area (Å²) < 4.78 is 51.3. The summed E-state index contributed by atoms with van der Waals surface area (Å²) in [6.07, 6.45) is 1.01. The quantitative estimate of drug-likeness (QED) is 0.247. The lowest BCUT2D eigenvalue weighted by Crippen LogP contribution is -2.28. The van der Waals surface area contributed by atoms with Gasteiger partial charge < -0.3 is 14.0 Å². The summed E-state index contributed by atoms with van der Waals surface area (Å²) >= 11 is 0. The Morgan fingerprint density at radius 1 is 1.12 bits per heavy atom. The number of aryl methyl sites for hydroxylation is 1. The van der Waals surface area contributed by atoms with Gasteiger partial charge in [0.05, 0.1) is 4.90 Å². The fourth-order valence-electron chi connectivity index (χ4n) is 3.44. The molecule has 0 atom stereocenters. The minimum atomic E-state index is -3.78. The highest BCUT2D eigenvalue weighted by molar-refractivity contribution is 7.89. The van der Waals surface area contributed by atoms with Crippen LogP contribution in [-0.4, -0.2) is 63.0 Å². The van der Waals surface area contributed by atoms with E-state index >= 15 is 0 Å². The Kier molecular flexibility index (Phi) is 9.75. The van der Waals surface area contributed by atoms with E-state index < -0.39 is 21.8 Å². The second-order valence-corrected chi connectivity index (χ2v) is 9.80. The Labute approximate surface area is 194 Å². The van der Waals surface area contributed by atoms with E-state index in [0.29, 0.717) is 12.2 Å². The molecule has 1 aromatic carbocycles. The number of Topliss-reactive ketones (excluding diaryl/α,β-unsaturated/α-hetero) is 1. The zero-order valence-electron chi connectivity index (χ0n) is 19.5. The lowest BCUT2D eigenvalue weighted by molar-refractivity contribution is -0.142. The number of sulfonamides is 1. The first-order valence-electron chi connectivity index (χ1n) is 10.6. The Balaban J connectivity index is 1.82. The largest absolute Gasteiger partial charge is 0.457 e. The third kappa shape index (κ3) is 7.21. The van der Waals surface area contributed by atoms with Crippen molar-refractivity contribution in [3.05, 3.63) is 53.1 Å². The van der Waals surface area contributed by atoms with E-state index in [-0.39, 0.29) is 36.7 Å². The molecule has 33 heavy (non-hydrogen) atoms. The number of rotatable bonds is 13. The first-order valence-corrected chi connectivity index (χ1v) is 12.1. The van der Waals surface area contributed by atoms with Gasteiger partial charge in [-0.15, -0.1) is 0 Å². The molecule has 0 N–H and O–H groups in total. The van der Waals surface area contributed by atoms with Gasteiger partial charge in [0, 0.05) is 57.2 Å². The van der Waals surface area contributed by atoms with Crippen molar-refractivity contribution in [1.82, 2.24) is 8.87 Å². The maximum absolute atomic E-state index is 13.0. The van der Waals surface area contributed by atoms with E-state index in [9.17, 15) is 22.4 Å². The van der Waals surface area contributed by atoms with Crippen LogP contribution in [-0.2, 0) is 30.8 Å². The van der Waals surface area contributed by atoms with Crippen LogP contribution in [0.15, 0.2) is 35.2 Å². The number of ether oxygens (including phenoxy) is 2. The highest BCUT2D eigenvalue weighted by Gasteiger charge is 2.21. The van der Waals surface area contributed by atoms with Crippen molar-refractivity contribution in [2.75, 3.05) is 33.9 Å². The predicted octanol–water partition coefficient (Wildman–Crippen LogP) is 3.11. The second-order valence-electron chi connectivity index (χ2n) is 7.75. The van der Waals surface area contributed by atoms with Gasteiger partial charge in [0.1, 0.15) is 5.82 Å². The van der Waals surface area contributed by atoms with Crippen LogP contribution in [0.25, 0.3) is 0 Å². The Hall–Kier alpha value is -2.56. The minimum absolute atomic E-state index is 0.0283. The van der Waals surface area contributed by atoms with Gasteiger partial charge in [0.15, 0.2) is 6.61 Å². The average molecular weight is 483 g/mol. The molecule has 1 heterocycles. The normalized spacial score (nSPS) is 11.7. The predicted molar refractivity (Wildman–Crippen MR) is 121 cm³/mol. The molecule has 10 heteroatoms. The number of ketones is 1. The van der Waals surface area contributed by atoms with Crippen LogP contribution >= 0.6 is 0 Å². The molecule has 0 amide bonds. The number of hydrogen-bond acceptors (Lipinski definition) is 6. The van der Waals surface area contributed by atoms with Crippen molar-refractivity contribution < 1.29 is 31.9 Å². The van der Waals surface area contributed by atoms with Gasteiger partial charge in [-0.05, 0) is 57.0 Å². The molecule has 0 spiro atoms. The lowest BCUT2D eigenvalue weighted by Gasteiger charge is -2.16. The van der Waals surface area contributed by atoms with E-state index in [1.165, 1.54) is 19.2 Å². The molecule has 1 aromatic heterocycles. The minimum Gasteiger partial charge on any atom is -0.457 e. The number of esters is 1. The van der Waals surface area contributed by atoms with Crippen LogP contribution in [0.5, 0.6) is 0 Å². The summed E-state index contributed by atoms with van der Waals surface area (Å²) in [7, 11) is -0.755. The van der Waals surface area contributed by atoms with Crippen LogP contribution < -0.4 is 0 Å². The second kappa shape index (κ2) is 12.1. The summed E-state index contributed by atoms with van der Waals surface area (Å²) in [6.45, 7) is 4.83. The van der Waals surface area contributed by atoms with Crippen LogP contribution in [0.3, 0.4) is 0 Å². The van der Waals surface area contributed by atoms with Crippen LogP contribution in [0, 0.1) is 19.7 Å². The number of carbonyl (C=O) groups is 2. The van der Waals surface area contributed by atoms with Gasteiger partial charge in [0.2, 0.25) is 15.8 Å². The molecule has 0 aliphatic carbocycles. The van der Waals surface area contributed by atoms with E-state index in [1.54, 1.807) is 13.2 Å². The fraction of sp³-hybridized carbons (Fsp3) is 0.478. The lowest BCUT2D eigenvalue weighted by atomic mass is 10.1. The highest BCUT2D eigenvalue weighted by atomic mass is 32.2. The zero-order chi connectivity index (χ0) is 24.6. The van der Waals surface area contributed by atoms with E-state index in [4.69, 9.17) is 9.47 Å². The third-order valence-electron chi connectivity index (χ3n) is 5.34. The van der Waals surface area contributed by atoms with Gasteiger partial charge in [0.25, 0.3) is 0 Å². The standard InChI is InChI=1S/C23H31FN2O6S/c1-17-15-21(18(2)26(17)13-6-14-31-4)22(27)16-32-23(28)7-5-12-25(3)33(29,30)20-10-8-19(24)9-11-20/h8-11,15H,5-7,12-14,16H2,1-4H3. The summed E-state index contributed by atoms with van der Waals surface area (Å²) in [5, 5.41) is 0. The Morgan fingerprint density at radius 3 is 2.42 bits per heavy atom.